The largest absolute Gasteiger partial charge is 0.504 e. The Kier molecular flexibility index (Phi) is 3.67. The Labute approximate surface area is 106 Å². The van der Waals surface area contributed by atoms with Crippen LogP contribution in [0.2, 0.25) is 0 Å². The zero-order valence-corrected chi connectivity index (χ0v) is 10.5. The molecule has 0 radical (unpaired) electrons. The molecule has 0 unspecified atom stereocenters. The fourth-order valence-corrected chi connectivity index (χ4v) is 1.64. The summed E-state index contributed by atoms with van der Waals surface area (Å²) in [6.45, 7) is 2.46. The molecule has 0 spiro atoms. The van der Waals surface area contributed by atoms with E-state index in [-0.39, 0.29) is 5.75 Å². The highest BCUT2D eigenvalue weighted by molar-refractivity contribution is 5.48. The number of rotatable bonds is 4. The Bertz CT molecular complexity index is 524. The highest BCUT2D eigenvalue weighted by Crippen LogP contribution is 2.29. The van der Waals surface area contributed by atoms with Crippen LogP contribution in [0.5, 0.6) is 11.5 Å². The normalized spacial score (nSPS) is 10.1. The van der Waals surface area contributed by atoms with E-state index in [1.165, 1.54) is 7.11 Å². The van der Waals surface area contributed by atoms with Crippen LogP contribution in [0.3, 0.4) is 0 Å². The van der Waals surface area contributed by atoms with E-state index in [0.717, 1.165) is 16.9 Å². The first-order valence-electron chi connectivity index (χ1n) is 5.72. The quantitative estimate of drug-likeness (QED) is 0.868. The van der Waals surface area contributed by atoms with E-state index in [4.69, 9.17) is 4.74 Å². The molecule has 0 saturated heterocycles. The fourth-order valence-electron chi connectivity index (χ4n) is 1.64. The topological polar surface area (TPSA) is 54.4 Å². The Hall–Kier alpha value is -2.23. The third-order valence-corrected chi connectivity index (χ3v) is 2.70. The van der Waals surface area contributed by atoms with Gasteiger partial charge in [0.25, 0.3) is 0 Å². The number of nitrogens with one attached hydrogen (secondary N) is 1. The van der Waals surface area contributed by atoms with Crippen molar-refractivity contribution >= 4 is 5.69 Å². The summed E-state index contributed by atoms with van der Waals surface area (Å²) in [7, 11) is 1.54. The number of aryl methyl sites for hydroxylation is 1. The van der Waals surface area contributed by atoms with Crippen LogP contribution in [-0.4, -0.2) is 17.2 Å². The Morgan fingerprint density at radius 1 is 1.28 bits per heavy atom. The SMILES string of the molecule is COc1cccc(CNc2ccc(C)nc2)c1O. The van der Waals surface area contributed by atoms with E-state index in [1.807, 2.05) is 31.2 Å². The third-order valence-electron chi connectivity index (χ3n) is 2.70. The molecule has 4 nitrogen and oxygen atoms in total. The van der Waals surface area contributed by atoms with Gasteiger partial charge >= 0.3 is 0 Å². The zero-order chi connectivity index (χ0) is 13.0. The fraction of sp³-hybridized carbons (Fsp3) is 0.214. The zero-order valence-electron chi connectivity index (χ0n) is 10.5. The molecule has 18 heavy (non-hydrogen) atoms. The van der Waals surface area contributed by atoms with Crippen LogP contribution in [0.1, 0.15) is 11.3 Å². The lowest BCUT2D eigenvalue weighted by molar-refractivity contribution is 0.371. The van der Waals surface area contributed by atoms with Gasteiger partial charge in [0.05, 0.1) is 19.0 Å². The van der Waals surface area contributed by atoms with E-state index in [1.54, 1.807) is 12.3 Å². The van der Waals surface area contributed by atoms with Crippen LogP contribution in [0.25, 0.3) is 0 Å². The van der Waals surface area contributed by atoms with Crippen molar-refractivity contribution in [1.29, 1.82) is 0 Å². The molecule has 0 bridgehead atoms. The molecule has 1 heterocycles. The molecular weight excluding hydrogens is 228 g/mol. The molecule has 2 aromatic rings. The van der Waals surface area contributed by atoms with E-state index in [0.29, 0.717) is 12.3 Å². The molecule has 0 fully saturated rings. The first-order chi connectivity index (χ1) is 8.70. The number of phenolic OH excluding ortho intramolecular Hbond substituents is 1. The van der Waals surface area contributed by atoms with Gasteiger partial charge < -0.3 is 15.2 Å². The lowest BCUT2D eigenvalue weighted by atomic mass is 10.2. The van der Waals surface area contributed by atoms with Gasteiger partial charge in [0, 0.05) is 17.8 Å². The Morgan fingerprint density at radius 2 is 2.11 bits per heavy atom. The van der Waals surface area contributed by atoms with Crippen LogP contribution in [-0.2, 0) is 6.54 Å². The molecule has 0 aliphatic heterocycles. The molecule has 0 atom stereocenters. The number of hydrogen-bond acceptors (Lipinski definition) is 4. The average Bonchev–Trinajstić information content (AvgIpc) is 2.39. The summed E-state index contributed by atoms with van der Waals surface area (Å²) in [6.07, 6.45) is 1.77. The van der Waals surface area contributed by atoms with Crippen molar-refractivity contribution in [2.75, 3.05) is 12.4 Å². The summed E-state index contributed by atoms with van der Waals surface area (Å²) in [4.78, 5) is 4.20. The molecule has 1 aromatic carbocycles. The lowest BCUT2D eigenvalue weighted by Gasteiger charge is -2.10. The molecule has 94 valence electrons. The highest BCUT2D eigenvalue weighted by Gasteiger charge is 2.06. The second-order valence-electron chi connectivity index (χ2n) is 4.01. The standard InChI is InChI=1S/C14H16N2O2/c1-10-6-7-12(9-15-10)16-8-11-4-3-5-13(18-2)14(11)17/h3-7,9,16-17H,8H2,1-2H3. The summed E-state index contributed by atoms with van der Waals surface area (Å²) in [6, 6.07) is 9.33. The summed E-state index contributed by atoms with van der Waals surface area (Å²) in [5.74, 6) is 0.656. The maximum absolute atomic E-state index is 9.93. The number of aromatic nitrogens is 1. The van der Waals surface area contributed by atoms with Crippen molar-refractivity contribution in [2.24, 2.45) is 0 Å². The predicted octanol–water partition coefficient (Wildman–Crippen LogP) is 2.72. The highest BCUT2D eigenvalue weighted by atomic mass is 16.5. The third kappa shape index (κ3) is 2.71. The molecule has 1 aromatic heterocycles. The summed E-state index contributed by atoms with van der Waals surface area (Å²) < 4.78 is 5.06. The minimum Gasteiger partial charge on any atom is -0.504 e. The second kappa shape index (κ2) is 5.40. The molecule has 0 saturated carbocycles. The smallest absolute Gasteiger partial charge is 0.162 e. The van der Waals surface area contributed by atoms with Gasteiger partial charge in [0.2, 0.25) is 0 Å². The van der Waals surface area contributed by atoms with E-state index in [2.05, 4.69) is 10.3 Å². The van der Waals surface area contributed by atoms with E-state index in [9.17, 15) is 5.11 Å². The summed E-state index contributed by atoms with van der Waals surface area (Å²) in [5, 5.41) is 13.1. The lowest BCUT2D eigenvalue weighted by Crippen LogP contribution is -2.01. The minimum absolute atomic E-state index is 0.174. The van der Waals surface area contributed by atoms with Crippen molar-refractivity contribution in [2.45, 2.75) is 13.5 Å². The van der Waals surface area contributed by atoms with Crippen molar-refractivity contribution in [3.63, 3.8) is 0 Å². The van der Waals surface area contributed by atoms with Gasteiger partial charge in [-0.15, -0.1) is 0 Å². The number of pyridine rings is 1. The molecule has 0 aliphatic carbocycles. The molecule has 2 N–H and O–H groups in total. The van der Waals surface area contributed by atoms with Gasteiger partial charge in [0.1, 0.15) is 0 Å². The van der Waals surface area contributed by atoms with Crippen LogP contribution < -0.4 is 10.1 Å². The number of aromatic hydroxyl groups is 1. The van der Waals surface area contributed by atoms with E-state index >= 15 is 0 Å². The van der Waals surface area contributed by atoms with E-state index < -0.39 is 0 Å². The van der Waals surface area contributed by atoms with Crippen LogP contribution >= 0.6 is 0 Å². The molecule has 4 heteroatoms. The maximum atomic E-state index is 9.93. The second-order valence-corrected chi connectivity index (χ2v) is 4.01. The van der Waals surface area contributed by atoms with Crippen molar-refractivity contribution in [3.05, 3.63) is 47.8 Å². The number of phenols is 1. The van der Waals surface area contributed by atoms with Gasteiger partial charge in [-0.3, -0.25) is 4.98 Å². The van der Waals surface area contributed by atoms with Gasteiger partial charge in [-0.25, -0.2) is 0 Å². The minimum atomic E-state index is 0.174. The van der Waals surface area contributed by atoms with Crippen molar-refractivity contribution in [3.8, 4) is 11.5 Å². The monoisotopic (exact) mass is 244 g/mol. The van der Waals surface area contributed by atoms with Crippen LogP contribution in [0.15, 0.2) is 36.5 Å². The van der Waals surface area contributed by atoms with Gasteiger partial charge in [-0.1, -0.05) is 12.1 Å². The predicted molar refractivity (Wildman–Crippen MR) is 71.0 cm³/mol. The molecular formula is C14H16N2O2. The van der Waals surface area contributed by atoms with Crippen LogP contribution in [0.4, 0.5) is 5.69 Å². The van der Waals surface area contributed by atoms with Gasteiger partial charge in [-0.05, 0) is 25.1 Å². The molecule has 0 aliphatic rings. The number of hydrogen-bond donors (Lipinski definition) is 2. The number of anilines is 1. The Morgan fingerprint density at radius 3 is 2.78 bits per heavy atom. The van der Waals surface area contributed by atoms with Gasteiger partial charge in [0.15, 0.2) is 11.5 Å². The average molecular weight is 244 g/mol. The first-order valence-corrected chi connectivity index (χ1v) is 5.72. The Balaban J connectivity index is 2.08. The number of para-hydroxylation sites is 1. The van der Waals surface area contributed by atoms with Crippen molar-refractivity contribution in [1.82, 2.24) is 4.98 Å². The first kappa shape index (κ1) is 12.2. The number of benzene rings is 1. The summed E-state index contributed by atoms with van der Waals surface area (Å²) >= 11 is 0. The number of ether oxygens (including phenoxy) is 1. The number of methoxy groups -OCH3 is 1. The van der Waals surface area contributed by atoms with Crippen LogP contribution in [0, 0.1) is 6.92 Å². The molecule has 0 amide bonds. The maximum Gasteiger partial charge on any atom is 0.162 e. The molecule has 2 rings (SSSR count). The van der Waals surface area contributed by atoms with Gasteiger partial charge in [-0.2, -0.15) is 0 Å². The van der Waals surface area contributed by atoms with Crippen molar-refractivity contribution < 1.29 is 9.84 Å². The summed E-state index contributed by atoms with van der Waals surface area (Å²) in [5.41, 5.74) is 2.68. The number of nitrogens with zero attached hydrogens (tertiary/aromatic N) is 1.